The van der Waals surface area contributed by atoms with Crippen LogP contribution in [-0.2, 0) is 31.8 Å². The Balaban J connectivity index is 0.000000167. The molecule has 22 nitrogen and oxygen atoms in total. The zero-order chi connectivity index (χ0) is 58.3. The minimum atomic E-state index is -1.46. The number of rotatable bonds is 12. The third kappa shape index (κ3) is 14.5. The predicted molar refractivity (Wildman–Crippen MR) is 295 cm³/mol. The topological polar surface area (TPSA) is 379 Å². The van der Waals surface area contributed by atoms with E-state index in [1.165, 1.54) is 35.7 Å². The number of fused-ring (bicyclic) bond motifs is 2. The molecule has 0 unspecified atom stereocenters. The van der Waals surface area contributed by atoms with Gasteiger partial charge in [-0.1, -0.05) is 24.3 Å². The molecular weight excluding hydrogens is 1130 g/mol. The number of hydrogen-bond donors (Lipinski definition) is 16. The molecule has 0 radical (unpaired) electrons. The van der Waals surface area contributed by atoms with Crippen LogP contribution in [-0.4, -0.2) is 232 Å². The average molecular weight is 1200 g/mol. The monoisotopic (exact) mass is 1200 g/mol. The van der Waals surface area contributed by atoms with Gasteiger partial charge >= 0.3 is 0 Å². The van der Waals surface area contributed by atoms with Crippen molar-refractivity contribution in [2.45, 2.75) is 149 Å². The molecule has 10 rings (SSSR count). The van der Waals surface area contributed by atoms with Gasteiger partial charge in [-0.15, -0.1) is 45.3 Å². The van der Waals surface area contributed by atoms with Crippen molar-refractivity contribution < 1.29 is 110 Å². The summed E-state index contributed by atoms with van der Waals surface area (Å²) in [5, 5.41) is 159. The molecule has 0 aliphatic carbocycles. The van der Waals surface area contributed by atoms with Gasteiger partial charge in [0.15, 0.2) is 0 Å². The highest BCUT2D eigenvalue weighted by atomic mass is 32.2. The lowest BCUT2D eigenvalue weighted by molar-refractivity contribution is -0.232. The smallest absolute Gasteiger partial charge is 0.128 e. The maximum absolute atomic E-state index is 10.6. The molecule has 4 aromatic heterocycles. The van der Waals surface area contributed by atoms with E-state index in [1.807, 2.05) is 30.3 Å². The lowest BCUT2D eigenvalue weighted by Gasteiger charge is -2.40. The van der Waals surface area contributed by atoms with Crippen molar-refractivity contribution in [3.8, 4) is 11.5 Å². The van der Waals surface area contributed by atoms with Crippen LogP contribution in [0.5, 0.6) is 11.5 Å². The maximum Gasteiger partial charge on any atom is 0.128 e. The largest absolute Gasteiger partial charge is 0.496 e. The minimum absolute atomic E-state index is 0.366. The third-order valence-electron chi connectivity index (χ3n) is 14.4. The number of hydrogen-bond acceptors (Lipinski definition) is 26. The second kappa shape index (κ2) is 28.9. The number of thiophene rings is 4. The Morgan fingerprint density at radius 1 is 0.438 bits per heavy atom. The van der Waals surface area contributed by atoms with Gasteiger partial charge in [0.05, 0.1) is 60.9 Å². The van der Waals surface area contributed by atoms with Gasteiger partial charge < -0.3 is 110 Å². The van der Waals surface area contributed by atoms with Gasteiger partial charge in [-0.3, -0.25) is 0 Å². The number of methoxy groups -OCH3 is 2. The zero-order valence-corrected chi connectivity index (χ0v) is 47.2. The number of ether oxygens (including phenoxy) is 6. The number of aliphatic hydroxyl groups is 16. The van der Waals surface area contributed by atoms with Crippen molar-refractivity contribution in [1.82, 2.24) is 0 Å². The summed E-state index contributed by atoms with van der Waals surface area (Å²) in [6.45, 7) is 1.50. The fourth-order valence-electron chi connectivity index (χ4n) is 9.74. The first-order chi connectivity index (χ1) is 38.2. The van der Waals surface area contributed by atoms with Crippen LogP contribution in [0.4, 0.5) is 0 Å². The van der Waals surface area contributed by atoms with E-state index in [0.29, 0.717) is 23.5 Å². The van der Waals surface area contributed by atoms with Crippen LogP contribution in [0.15, 0.2) is 71.4 Å². The summed E-state index contributed by atoms with van der Waals surface area (Å²) < 4.78 is 35.1. The van der Waals surface area contributed by atoms with Crippen molar-refractivity contribution in [3.63, 3.8) is 0 Å². The molecule has 4 saturated heterocycles. The Bertz CT molecular complexity index is 2740. The van der Waals surface area contributed by atoms with Crippen molar-refractivity contribution in [2.75, 3.05) is 40.6 Å². The number of benzene rings is 2. The van der Waals surface area contributed by atoms with Crippen LogP contribution in [0.25, 0.3) is 18.8 Å². The van der Waals surface area contributed by atoms with E-state index >= 15 is 0 Å². The van der Waals surface area contributed by atoms with Gasteiger partial charge in [0.2, 0.25) is 0 Å². The average Bonchev–Trinajstić information content (AvgIpc) is 4.30. The van der Waals surface area contributed by atoms with E-state index in [2.05, 4.69) is 35.0 Å². The highest BCUT2D eigenvalue weighted by Crippen LogP contribution is 2.42. The predicted octanol–water partition coefficient (Wildman–Crippen LogP) is -0.148. The van der Waals surface area contributed by atoms with Crippen LogP contribution in [0.1, 0.15) is 58.1 Å². The lowest BCUT2D eigenvalue weighted by Crippen LogP contribution is -2.57. The van der Waals surface area contributed by atoms with Crippen LogP contribution < -0.4 is 9.47 Å². The Kier molecular flexibility index (Phi) is 23.2. The van der Waals surface area contributed by atoms with E-state index in [-0.39, 0.29) is 13.2 Å². The summed E-state index contributed by atoms with van der Waals surface area (Å²) in [5.41, 5.74) is 3.19. The fraction of sp³-hybridized carbons (Fsp3) is 0.556. The van der Waals surface area contributed by atoms with Gasteiger partial charge in [0, 0.05) is 45.0 Å². The number of aliphatic hydroxyl groups excluding tert-OH is 16. The summed E-state index contributed by atoms with van der Waals surface area (Å²) in [4.78, 5) is 2.43. The second-order valence-corrected chi connectivity index (χ2v) is 24.4. The summed E-state index contributed by atoms with van der Waals surface area (Å²) in [5.74, 6) is 1.06. The highest BCUT2D eigenvalue weighted by Gasteiger charge is 2.47. The molecule has 444 valence electrons. The molecule has 0 spiro atoms. The van der Waals surface area contributed by atoms with Gasteiger partial charge in [-0.25, -0.2) is 0 Å². The molecule has 26 heteroatoms. The molecule has 4 aliphatic rings. The first-order valence-electron chi connectivity index (χ1n) is 25.7. The SMILES string of the molecule is COc1cc(OC)c([C@@H]2O[C@H](CO)[C@@H](O)[C@H](O)[C@H]2O)cc1Cc1cc2ccsc2s1.C[C@@H]1O[C@H](CO)[C@@H](O)[C@H](O)[C@H]1O.C[C@@H]1O[C@H](CO)[C@@H](O)[C@H](O)[C@H]1O.OC[C@H]1O[C@@H](c2cccc(Cc3cc4ccsc4s3)c2)[C@H](O)[C@@H](O)[C@@H]1O. The molecule has 4 fully saturated rings. The molecule has 6 aromatic rings. The molecule has 20 atom stereocenters. The molecule has 16 N–H and O–H groups in total. The quantitative estimate of drug-likeness (QED) is 0.0758. The Morgan fingerprint density at radius 3 is 1.31 bits per heavy atom. The van der Waals surface area contributed by atoms with E-state index in [9.17, 15) is 71.5 Å². The molecule has 0 saturated carbocycles. The Morgan fingerprint density at radius 2 is 0.863 bits per heavy atom. The van der Waals surface area contributed by atoms with Crippen molar-refractivity contribution in [3.05, 3.63) is 103 Å². The zero-order valence-electron chi connectivity index (χ0n) is 44.0. The first kappa shape index (κ1) is 64.1. The normalized spacial score (nSPS) is 34.4. The minimum Gasteiger partial charge on any atom is -0.496 e. The maximum atomic E-state index is 10.6. The highest BCUT2D eigenvalue weighted by molar-refractivity contribution is 7.38. The van der Waals surface area contributed by atoms with Crippen molar-refractivity contribution in [2.24, 2.45) is 0 Å². The van der Waals surface area contributed by atoms with Crippen molar-refractivity contribution in [1.29, 1.82) is 0 Å². The lowest BCUT2D eigenvalue weighted by atomic mass is 9.89. The molecule has 0 bridgehead atoms. The summed E-state index contributed by atoms with van der Waals surface area (Å²) in [7, 11) is 3.08. The molecule has 80 heavy (non-hydrogen) atoms. The van der Waals surface area contributed by atoms with E-state index in [1.54, 1.807) is 72.4 Å². The standard InChI is InChI=1S/C21H24O7S2.C19H20O5S2.2C7H14O5/c1-26-14-8-15(27-2)13(20-19(25)18(24)17(23)16(9-22)28-20)7-11(14)6-12-5-10-3-4-29-21(10)30-12;20-9-14-15(21)16(22)17(23)18(24-14)11-3-1-2-10(6-11)7-13-8-12-4-5-25-19(12)26-13;2*1-3-5(9)7(11)6(10)4(2-8)12-3/h3-5,7-8,16-20,22-25H,6,9H2,1-2H3;1-6,8,14-18,20-23H,7,9H2;2*3-11H,2H2,1H3/t16-,17-,18+,19-,20+;14-,15-,16+,17-,18+;2*3-,4+,5-,6+,7+/m1100/s1. The summed E-state index contributed by atoms with van der Waals surface area (Å²) in [6.07, 6.45) is -20.4. The van der Waals surface area contributed by atoms with Crippen molar-refractivity contribution >= 4 is 64.1 Å². The molecule has 2 aromatic carbocycles. The molecular formula is C54H72O22S4. The van der Waals surface area contributed by atoms with Gasteiger partial charge in [-0.05, 0) is 71.6 Å². The first-order valence-corrected chi connectivity index (χ1v) is 29.0. The van der Waals surface area contributed by atoms with Crippen LogP contribution in [0.2, 0.25) is 0 Å². The van der Waals surface area contributed by atoms with Gasteiger partial charge in [0.25, 0.3) is 0 Å². The van der Waals surface area contributed by atoms with E-state index in [4.69, 9.17) is 38.6 Å². The van der Waals surface area contributed by atoms with Crippen LogP contribution in [0.3, 0.4) is 0 Å². The fourth-order valence-corrected chi connectivity index (χ4v) is 14.1. The van der Waals surface area contributed by atoms with E-state index < -0.39 is 135 Å². The van der Waals surface area contributed by atoms with Crippen LogP contribution >= 0.6 is 45.3 Å². The molecule has 0 amide bonds. The van der Waals surface area contributed by atoms with Gasteiger partial charge in [0.1, 0.15) is 121 Å². The Hall–Kier alpha value is -3.44. The van der Waals surface area contributed by atoms with Gasteiger partial charge in [-0.2, -0.15) is 0 Å². The second-order valence-electron chi connectivity index (χ2n) is 19.8. The molecule has 8 heterocycles. The summed E-state index contributed by atoms with van der Waals surface area (Å²) >= 11 is 6.94. The Labute approximate surface area is 476 Å². The van der Waals surface area contributed by atoms with Crippen LogP contribution in [0, 0.1) is 0 Å². The summed E-state index contributed by atoms with van der Waals surface area (Å²) in [6, 6.07) is 19.8. The van der Waals surface area contributed by atoms with E-state index in [0.717, 1.165) is 23.1 Å². The third-order valence-corrected chi connectivity index (χ3v) is 18.8. The molecule has 4 aliphatic heterocycles.